The Kier molecular flexibility index (Phi) is 2.44. The monoisotopic (exact) mass is 303 g/mol. The largest absolute Gasteiger partial charge is 0.481 e. The molecule has 0 saturated carbocycles. The number of carbonyl (C=O) groups is 1. The fourth-order valence-corrected chi connectivity index (χ4v) is 2.59. The number of hydrogen-bond acceptors (Lipinski definition) is 2. The molecule has 0 aliphatic carbocycles. The lowest BCUT2D eigenvalue weighted by Crippen LogP contribution is -2.29. The summed E-state index contributed by atoms with van der Waals surface area (Å²) in [5, 5.41) is 11.4. The van der Waals surface area contributed by atoms with E-state index in [2.05, 4.69) is 5.32 Å². The summed E-state index contributed by atoms with van der Waals surface area (Å²) in [6.07, 6.45) is -0.209. The molecule has 9 heteroatoms. The van der Waals surface area contributed by atoms with Crippen LogP contribution in [0.5, 0.6) is 0 Å². The van der Waals surface area contributed by atoms with E-state index in [1.165, 1.54) is 0 Å². The maximum absolute atomic E-state index is 12.6. The highest BCUT2D eigenvalue weighted by Crippen LogP contribution is 3.02. The number of hydrogen-bond donors (Lipinski definition) is 2. The van der Waals surface area contributed by atoms with Crippen molar-refractivity contribution < 1.29 is 29.3 Å². The minimum Gasteiger partial charge on any atom is -0.481 e. The number of carboxylic acids is 1. The molecular weight excluding hydrogens is 293 g/mol. The molecule has 108 valence electrons. The first-order valence-corrected chi connectivity index (χ1v) is 7.15. The van der Waals surface area contributed by atoms with Gasteiger partial charge < -0.3 is 10.4 Å². The fourth-order valence-electron chi connectivity index (χ4n) is 1.90. The maximum Gasteiger partial charge on any atom is 0.310 e. The van der Waals surface area contributed by atoms with Gasteiger partial charge in [0.1, 0.15) is 4.90 Å². The van der Waals surface area contributed by atoms with E-state index in [0.717, 1.165) is 6.07 Å². The first-order chi connectivity index (χ1) is 8.36. The van der Waals surface area contributed by atoms with Crippen LogP contribution in [-0.4, -0.2) is 17.6 Å². The van der Waals surface area contributed by atoms with Gasteiger partial charge in [-0.15, -0.1) is 0 Å². The van der Waals surface area contributed by atoms with E-state index in [1.807, 2.05) is 0 Å². The molecule has 2 rings (SSSR count). The highest BCUT2D eigenvalue weighted by atomic mass is 32.5. The van der Waals surface area contributed by atoms with Crippen molar-refractivity contribution >= 4 is 21.9 Å². The third kappa shape index (κ3) is 2.91. The predicted molar refractivity (Wildman–Crippen MR) is 61.2 cm³/mol. The van der Waals surface area contributed by atoms with E-state index in [-0.39, 0.29) is 24.2 Å². The van der Waals surface area contributed by atoms with Gasteiger partial charge in [0.25, 0.3) is 0 Å². The van der Waals surface area contributed by atoms with Gasteiger partial charge >= 0.3 is 16.2 Å². The summed E-state index contributed by atoms with van der Waals surface area (Å²) in [5.74, 6) is -2.11. The lowest BCUT2D eigenvalue weighted by molar-refractivity contribution is -0.141. The van der Waals surface area contributed by atoms with Crippen LogP contribution in [-0.2, 0) is 11.2 Å². The van der Waals surface area contributed by atoms with Gasteiger partial charge in [-0.05, 0) is 30.2 Å². The molecule has 0 amide bonds. The summed E-state index contributed by atoms with van der Waals surface area (Å²) >= 11 is 0. The Bertz CT molecular complexity index is 556. The van der Waals surface area contributed by atoms with Crippen LogP contribution in [0.3, 0.4) is 0 Å². The number of rotatable bonds is 2. The predicted octanol–water partition coefficient (Wildman–Crippen LogP) is 4.01. The van der Waals surface area contributed by atoms with Gasteiger partial charge in [-0.25, -0.2) is 0 Å². The zero-order valence-electron chi connectivity index (χ0n) is 9.38. The second-order valence-electron chi connectivity index (χ2n) is 4.41. The van der Waals surface area contributed by atoms with E-state index >= 15 is 0 Å². The van der Waals surface area contributed by atoms with Gasteiger partial charge in [0.05, 0.1) is 5.92 Å². The molecule has 0 fully saturated rings. The topological polar surface area (TPSA) is 49.3 Å². The molecule has 1 heterocycles. The fraction of sp³-hybridized carbons (Fsp3) is 0.300. The molecule has 1 aromatic carbocycles. The Morgan fingerprint density at radius 2 is 1.89 bits per heavy atom. The van der Waals surface area contributed by atoms with Gasteiger partial charge in [-0.3, -0.25) is 4.79 Å². The quantitative estimate of drug-likeness (QED) is 0.812. The van der Waals surface area contributed by atoms with Crippen molar-refractivity contribution in [2.45, 2.75) is 11.3 Å². The SMILES string of the molecule is O=C(O)C1CNc2ccc(S(F)(F)(F)(F)F)cc2C1. The summed E-state index contributed by atoms with van der Waals surface area (Å²) in [5.41, 5.74) is 0.188. The van der Waals surface area contributed by atoms with Gasteiger partial charge in [-0.1, -0.05) is 19.4 Å². The van der Waals surface area contributed by atoms with Gasteiger partial charge in [0.15, 0.2) is 0 Å². The third-order valence-corrected chi connectivity index (χ3v) is 4.02. The number of carboxylic acid groups (broad SMARTS) is 1. The summed E-state index contributed by atoms with van der Waals surface area (Å²) in [6.45, 7) is 0.0537. The molecule has 1 aliphatic rings. The summed E-state index contributed by atoms with van der Waals surface area (Å²) in [7, 11) is -9.72. The molecule has 1 aliphatic heterocycles. The van der Waals surface area contributed by atoms with Crippen LogP contribution in [0.2, 0.25) is 0 Å². The van der Waals surface area contributed by atoms with E-state index in [9.17, 15) is 24.2 Å². The molecule has 0 aromatic heterocycles. The summed E-state index contributed by atoms with van der Waals surface area (Å²) in [6, 6.07) is 1.55. The van der Waals surface area contributed by atoms with Gasteiger partial charge in [0.2, 0.25) is 0 Å². The van der Waals surface area contributed by atoms with Gasteiger partial charge in [0, 0.05) is 12.2 Å². The van der Waals surface area contributed by atoms with Crippen LogP contribution < -0.4 is 5.32 Å². The standard InChI is InChI=1S/C10H10F5NO2S/c11-19(12,13,14,15)8-1-2-9-6(4-8)3-7(5-16-9)10(17)18/h1-2,4,7,16H,3,5H2,(H,17,18). The second kappa shape index (κ2) is 3.33. The van der Waals surface area contributed by atoms with Crippen molar-refractivity contribution in [3.05, 3.63) is 23.8 Å². The van der Waals surface area contributed by atoms with Crippen LogP contribution in [0.4, 0.5) is 25.1 Å². The Morgan fingerprint density at radius 1 is 1.26 bits per heavy atom. The number of benzene rings is 1. The van der Waals surface area contributed by atoms with E-state index in [1.54, 1.807) is 0 Å². The number of aliphatic carboxylic acids is 1. The first kappa shape index (κ1) is 13.9. The van der Waals surface area contributed by atoms with Crippen LogP contribution >= 0.6 is 10.2 Å². The molecule has 0 radical (unpaired) electrons. The van der Waals surface area contributed by atoms with Crippen molar-refractivity contribution in [1.29, 1.82) is 0 Å². The number of nitrogens with one attached hydrogen (secondary N) is 1. The second-order valence-corrected chi connectivity index (χ2v) is 6.82. The van der Waals surface area contributed by atoms with E-state index in [4.69, 9.17) is 5.11 Å². The number of halogens is 5. The Balaban J connectivity index is 2.46. The van der Waals surface area contributed by atoms with Crippen molar-refractivity contribution in [3.63, 3.8) is 0 Å². The molecule has 0 saturated heterocycles. The lowest BCUT2D eigenvalue weighted by atomic mass is 9.94. The molecule has 1 aromatic rings. The third-order valence-electron chi connectivity index (χ3n) is 2.88. The first-order valence-electron chi connectivity index (χ1n) is 5.20. The van der Waals surface area contributed by atoms with Gasteiger partial charge in [-0.2, -0.15) is 0 Å². The molecule has 3 nitrogen and oxygen atoms in total. The zero-order valence-corrected chi connectivity index (χ0v) is 10.2. The van der Waals surface area contributed by atoms with Crippen LogP contribution in [0.1, 0.15) is 5.56 Å². The van der Waals surface area contributed by atoms with E-state index < -0.39 is 27.0 Å². The van der Waals surface area contributed by atoms with Crippen molar-refractivity contribution in [1.82, 2.24) is 0 Å². The zero-order chi connectivity index (χ0) is 14.5. The average molecular weight is 303 g/mol. The highest BCUT2D eigenvalue weighted by molar-refractivity contribution is 8.45. The average Bonchev–Trinajstić information content (AvgIpc) is 2.24. The molecule has 1 atom stereocenters. The number of fused-ring (bicyclic) bond motifs is 1. The Hall–Kier alpha value is -1.51. The van der Waals surface area contributed by atoms with Crippen LogP contribution in [0.25, 0.3) is 0 Å². The molecule has 0 spiro atoms. The maximum atomic E-state index is 12.6. The number of anilines is 1. The smallest absolute Gasteiger partial charge is 0.310 e. The summed E-state index contributed by atoms with van der Waals surface area (Å²) in [4.78, 5) is 8.78. The normalized spacial score (nSPS) is 22.7. The Morgan fingerprint density at radius 3 is 2.42 bits per heavy atom. The van der Waals surface area contributed by atoms with E-state index in [0.29, 0.717) is 12.1 Å². The van der Waals surface area contributed by atoms with Crippen LogP contribution in [0, 0.1) is 5.92 Å². The molecular formula is C10H10F5NO2S. The minimum atomic E-state index is -9.72. The molecule has 2 N–H and O–H groups in total. The lowest BCUT2D eigenvalue weighted by Gasteiger charge is -2.41. The molecule has 19 heavy (non-hydrogen) atoms. The van der Waals surface area contributed by atoms with Crippen molar-refractivity contribution in [3.8, 4) is 0 Å². The van der Waals surface area contributed by atoms with Crippen molar-refractivity contribution in [2.24, 2.45) is 5.92 Å². The van der Waals surface area contributed by atoms with Crippen LogP contribution in [0.15, 0.2) is 23.1 Å². The minimum absolute atomic E-state index is 0.0537. The summed E-state index contributed by atoms with van der Waals surface area (Å²) < 4.78 is 63.2. The Labute approximate surface area is 105 Å². The molecule has 0 bridgehead atoms. The molecule has 1 unspecified atom stereocenters. The van der Waals surface area contributed by atoms with Crippen molar-refractivity contribution in [2.75, 3.05) is 11.9 Å². The highest BCUT2D eigenvalue weighted by Gasteiger charge is 2.65.